The van der Waals surface area contributed by atoms with Crippen LogP contribution in [-0.4, -0.2) is 19.2 Å². The lowest BCUT2D eigenvalue weighted by molar-refractivity contribution is -0.656. The first kappa shape index (κ1) is 41.5. The van der Waals surface area contributed by atoms with E-state index in [2.05, 4.69) is 102 Å². The maximum atomic E-state index is 2.50. The molecular formula is C41H76BN. The number of hydrogen-bond acceptors (Lipinski definition) is 0. The van der Waals surface area contributed by atoms with Crippen molar-refractivity contribution in [3.63, 3.8) is 0 Å². The van der Waals surface area contributed by atoms with Crippen LogP contribution < -0.4 is 5.32 Å². The van der Waals surface area contributed by atoms with Crippen LogP contribution in [0.5, 0.6) is 0 Å². The number of quaternary nitrogens is 1. The molecule has 0 aliphatic heterocycles. The van der Waals surface area contributed by atoms with Crippen LogP contribution in [0, 0.1) is 5.92 Å². The highest BCUT2D eigenvalue weighted by Gasteiger charge is 2.22. The van der Waals surface area contributed by atoms with Crippen LogP contribution in [0.1, 0.15) is 145 Å². The molecule has 0 heterocycles. The summed E-state index contributed by atoms with van der Waals surface area (Å²) < 4.78 is 0. The average Bonchev–Trinajstić information content (AvgIpc) is 3.07. The summed E-state index contributed by atoms with van der Waals surface area (Å²) in [5, 5.41) is 2.50. The monoisotopic (exact) mass is 594 g/mol. The molecule has 0 aliphatic carbocycles. The summed E-state index contributed by atoms with van der Waals surface area (Å²) >= 11 is 0. The van der Waals surface area contributed by atoms with E-state index in [1.165, 1.54) is 121 Å². The lowest BCUT2D eigenvalue weighted by atomic mass is 9.17. The largest absolute Gasteiger partial charge is 0.346 e. The fraction of sp³-hybridized carbons (Fsp3) is 0.707. The minimum atomic E-state index is -0.00722. The SMILES string of the molecule is CCCC[B-](CCCC)(CCCC)CCCC.CCCC[NH2+]CCC(CC)CCCC.c1ccc(-c2ccccc2)cc1. The summed E-state index contributed by atoms with van der Waals surface area (Å²) in [6.45, 7) is 19.0. The van der Waals surface area contributed by atoms with Crippen LogP contribution in [0.4, 0.5) is 0 Å². The quantitative estimate of drug-likeness (QED) is 0.0975. The molecule has 0 saturated heterocycles. The Morgan fingerprint density at radius 1 is 0.465 bits per heavy atom. The molecule has 2 rings (SSSR count). The predicted octanol–water partition coefficient (Wildman–Crippen LogP) is 12.9. The molecule has 1 unspecified atom stereocenters. The summed E-state index contributed by atoms with van der Waals surface area (Å²) in [4.78, 5) is 0. The third kappa shape index (κ3) is 22.6. The van der Waals surface area contributed by atoms with E-state index in [1.54, 1.807) is 25.3 Å². The Labute approximate surface area is 271 Å². The molecule has 0 radical (unpaired) electrons. The van der Waals surface area contributed by atoms with Gasteiger partial charge in [0.25, 0.3) is 0 Å². The van der Waals surface area contributed by atoms with Crippen molar-refractivity contribution < 1.29 is 5.32 Å². The van der Waals surface area contributed by atoms with E-state index in [4.69, 9.17) is 0 Å². The molecule has 0 spiro atoms. The van der Waals surface area contributed by atoms with Gasteiger partial charge < -0.3 is 5.32 Å². The minimum Gasteiger partial charge on any atom is -0.346 e. The Hall–Kier alpha value is -1.54. The van der Waals surface area contributed by atoms with Gasteiger partial charge in [0.15, 0.2) is 0 Å². The zero-order valence-electron chi connectivity index (χ0n) is 30.4. The summed E-state index contributed by atoms with van der Waals surface area (Å²) in [5.74, 6) is 0.993. The maximum Gasteiger partial charge on any atom is 0.0758 e. The van der Waals surface area contributed by atoms with E-state index in [9.17, 15) is 0 Å². The van der Waals surface area contributed by atoms with Gasteiger partial charge in [-0.05, 0) is 29.9 Å². The van der Waals surface area contributed by atoms with Crippen LogP contribution in [0.15, 0.2) is 60.7 Å². The van der Waals surface area contributed by atoms with E-state index >= 15 is 0 Å². The first-order valence-corrected chi connectivity index (χ1v) is 19.2. The zero-order valence-corrected chi connectivity index (χ0v) is 30.4. The lowest BCUT2D eigenvalue weighted by Crippen LogP contribution is -2.84. The smallest absolute Gasteiger partial charge is 0.0758 e. The number of unbranched alkanes of at least 4 members (excludes halogenated alkanes) is 6. The number of rotatable bonds is 23. The van der Waals surface area contributed by atoms with Gasteiger partial charge in [-0.3, -0.25) is 0 Å². The summed E-state index contributed by atoms with van der Waals surface area (Å²) in [5.41, 5.74) is 2.55. The summed E-state index contributed by atoms with van der Waals surface area (Å²) in [7, 11) is 0. The number of nitrogens with two attached hydrogens (primary N) is 1. The van der Waals surface area contributed by atoms with Gasteiger partial charge in [0, 0.05) is 6.15 Å². The molecule has 0 saturated carbocycles. The molecule has 0 amide bonds. The van der Waals surface area contributed by atoms with Crippen molar-refractivity contribution in [3.05, 3.63) is 60.7 Å². The molecule has 0 fully saturated rings. The molecular weight excluding hydrogens is 517 g/mol. The topological polar surface area (TPSA) is 16.6 Å². The lowest BCUT2D eigenvalue weighted by Gasteiger charge is -2.40. The molecule has 0 bridgehead atoms. The van der Waals surface area contributed by atoms with Gasteiger partial charge in [0.1, 0.15) is 0 Å². The Balaban J connectivity index is 0.000000623. The highest BCUT2D eigenvalue weighted by molar-refractivity contribution is 6.79. The third-order valence-corrected chi connectivity index (χ3v) is 9.65. The van der Waals surface area contributed by atoms with Crippen molar-refractivity contribution in [3.8, 4) is 11.1 Å². The summed E-state index contributed by atoms with van der Waals surface area (Å²) in [6, 6.07) is 20.8. The third-order valence-electron chi connectivity index (χ3n) is 9.65. The van der Waals surface area contributed by atoms with Crippen LogP contribution in [0.3, 0.4) is 0 Å². The molecule has 248 valence electrons. The van der Waals surface area contributed by atoms with Crippen molar-refractivity contribution in [2.45, 2.75) is 170 Å². The van der Waals surface area contributed by atoms with Gasteiger partial charge in [0.05, 0.1) is 13.1 Å². The van der Waals surface area contributed by atoms with Gasteiger partial charge in [-0.2, -0.15) is 25.3 Å². The van der Waals surface area contributed by atoms with Crippen molar-refractivity contribution in [1.29, 1.82) is 0 Å². The highest BCUT2D eigenvalue weighted by atomic mass is 14.8. The normalized spacial score (nSPS) is 11.7. The molecule has 2 aromatic carbocycles. The van der Waals surface area contributed by atoms with Crippen molar-refractivity contribution in [2.75, 3.05) is 13.1 Å². The Bertz CT molecular complexity index is 715. The fourth-order valence-corrected chi connectivity index (χ4v) is 6.57. The minimum absolute atomic E-state index is 0.00722. The first-order valence-electron chi connectivity index (χ1n) is 19.2. The zero-order chi connectivity index (χ0) is 31.9. The van der Waals surface area contributed by atoms with Gasteiger partial charge in [-0.25, -0.2) is 0 Å². The van der Waals surface area contributed by atoms with Crippen molar-refractivity contribution in [2.24, 2.45) is 5.92 Å². The van der Waals surface area contributed by atoms with Crippen LogP contribution in [0.25, 0.3) is 11.1 Å². The molecule has 1 nitrogen and oxygen atoms in total. The number of benzene rings is 2. The maximum absolute atomic E-state index is 2.50. The van der Waals surface area contributed by atoms with Crippen molar-refractivity contribution >= 4 is 6.15 Å². The average molecular weight is 594 g/mol. The van der Waals surface area contributed by atoms with E-state index in [0.29, 0.717) is 0 Å². The number of hydrogen-bond donors (Lipinski definition) is 1. The second-order valence-corrected chi connectivity index (χ2v) is 13.5. The first-order chi connectivity index (χ1) is 21.1. The molecule has 0 aliphatic rings. The Morgan fingerprint density at radius 3 is 1.21 bits per heavy atom. The second kappa shape index (κ2) is 30.5. The standard InChI is InChI=1S/C16H36B.C13H29N.C12H10/c1-5-9-13-17(14-10-6-2,15-11-7-3)16-12-8-4;1-4-7-9-13(6-3)10-12-14-11-8-5-2;1-3-7-11(8-4-1)12-9-5-2-6-10-12/h5-16H2,1-4H3;13-14H,4-12H2,1-3H3;1-10H/q-1;;/p+1. The van der Waals surface area contributed by atoms with E-state index in [-0.39, 0.29) is 6.15 Å². The molecule has 1 atom stereocenters. The second-order valence-electron chi connectivity index (χ2n) is 13.5. The summed E-state index contributed by atoms with van der Waals surface area (Å²) in [6.07, 6.45) is 27.4. The van der Waals surface area contributed by atoms with Gasteiger partial charge in [-0.1, -0.05) is 193 Å². The van der Waals surface area contributed by atoms with E-state index in [1.807, 2.05) is 12.1 Å². The molecule has 0 aromatic heterocycles. The molecule has 2 N–H and O–H groups in total. The fourth-order valence-electron chi connectivity index (χ4n) is 6.57. The Morgan fingerprint density at radius 2 is 0.860 bits per heavy atom. The Kier molecular flexibility index (Phi) is 29.4. The van der Waals surface area contributed by atoms with Crippen molar-refractivity contribution in [1.82, 2.24) is 0 Å². The van der Waals surface area contributed by atoms with Gasteiger partial charge in [0.2, 0.25) is 0 Å². The van der Waals surface area contributed by atoms with Crippen LogP contribution >= 0.6 is 0 Å². The van der Waals surface area contributed by atoms with Gasteiger partial charge >= 0.3 is 0 Å². The van der Waals surface area contributed by atoms with Crippen LogP contribution in [-0.2, 0) is 0 Å². The van der Waals surface area contributed by atoms with Crippen LogP contribution in [0.2, 0.25) is 25.3 Å². The van der Waals surface area contributed by atoms with E-state index < -0.39 is 0 Å². The predicted molar refractivity (Wildman–Crippen MR) is 201 cm³/mol. The molecule has 2 heteroatoms. The van der Waals surface area contributed by atoms with Gasteiger partial charge in [-0.15, -0.1) is 0 Å². The van der Waals surface area contributed by atoms with E-state index in [0.717, 1.165) is 5.92 Å². The highest BCUT2D eigenvalue weighted by Crippen LogP contribution is 2.33. The molecule has 2 aromatic rings. The molecule has 43 heavy (non-hydrogen) atoms.